The highest BCUT2D eigenvalue weighted by atomic mass is 16.5. The number of nitrogens with zero attached hydrogens (tertiary/aromatic N) is 3. The molecule has 1 aromatic heterocycles. The Labute approximate surface area is 107 Å². The average Bonchev–Trinajstić information content (AvgIpc) is 2.97. The third-order valence-electron chi connectivity index (χ3n) is 3.68. The van der Waals surface area contributed by atoms with Crippen molar-refractivity contribution in [2.24, 2.45) is 0 Å². The summed E-state index contributed by atoms with van der Waals surface area (Å²) < 4.78 is 5.80. The number of ether oxygens (including phenoxy) is 1. The summed E-state index contributed by atoms with van der Waals surface area (Å²) in [4.78, 5) is 6.81. The molecule has 2 aliphatic rings. The normalized spacial score (nSPS) is 33.0. The molecule has 3 heterocycles. The van der Waals surface area contributed by atoms with Crippen LogP contribution in [0.25, 0.3) is 0 Å². The van der Waals surface area contributed by atoms with Crippen LogP contribution < -0.4 is 10.2 Å². The molecule has 0 aliphatic carbocycles. The van der Waals surface area contributed by atoms with Crippen LogP contribution >= 0.6 is 0 Å². The Morgan fingerprint density at radius 1 is 1.33 bits per heavy atom. The third kappa shape index (κ3) is 2.35. The van der Waals surface area contributed by atoms with E-state index in [-0.39, 0.29) is 6.10 Å². The highest BCUT2D eigenvalue weighted by Crippen LogP contribution is 2.30. The zero-order valence-corrected chi connectivity index (χ0v) is 11.0. The van der Waals surface area contributed by atoms with Crippen molar-refractivity contribution in [1.29, 1.82) is 0 Å². The second-order valence-electron chi connectivity index (χ2n) is 5.33. The summed E-state index contributed by atoms with van der Waals surface area (Å²) in [7, 11) is 0. The number of hydrogen-bond donors (Lipinski definition) is 2. The number of hydrogen-bond acceptors (Lipinski definition) is 5. The van der Waals surface area contributed by atoms with Gasteiger partial charge in [-0.3, -0.25) is 5.10 Å². The standard InChI is InChI=1S/C12H21N5O/c1-8-7-17(6-5-13-8)12-14-11(15-16-12)10-4-3-9(2)18-10/h8-10,13H,3-7H2,1-2H3,(H,14,15,16). The molecule has 0 bridgehead atoms. The first-order valence-electron chi connectivity index (χ1n) is 6.78. The molecule has 3 atom stereocenters. The van der Waals surface area contributed by atoms with Crippen molar-refractivity contribution in [3.8, 4) is 0 Å². The van der Waals surface area contributed by atoms with Crippen LogP contribution in [0.15, 0.2) is 0 Å². The topological polar surface area (TPSA) is 66.1 Å². The quantitative estimate of drug-likeness (QED) is 0.815. The van der Waals surface area contributed by atoms with Gasteiger partial charge in [0.15, 0.2) is 5.82 Å². The predicted molar refractivity (Wildman–Crippen MR) is 68.6 cm³/mol. The van der Waals surface area contributed by atoms with E-state index < -0.39 is 0 Å². The molecular weight excluding hydrogens is 230 g/mol. The maximum atomic E-state index is 5.80. The van der Waals surface area contributed by atoms with Gasteiger partial charge in [-0.2, -0.15) is 4.98 Å². The second kappa shape index (κ2) is 4.85. The lowest BCUT2D eigenvalue weighted by Crippen LogP contribution is -2.49. The Bertz CT molecular complexity index is 407. The number of anilines is 1. The lowest BCUT2D eigenvalue weighted by Gasteiger charge is -2.30. The van der Waals surface area contributed by atoms with Crippen LogP contribution in [0.2, 0.25) is 0 Å². The Balaban J connectivity index is 1.69. The Hall–Kier alpha value is -1.14. The van der Waals surface area contributed by atoms with Crippen LogP contribution in [-0.2, 0) is 4.74 Å². The minimum absolute atomic E-state index is 0.0987. The third-order valence-corrected chi connectivity index (χ3v) is 3.68. The summed E-state index contributed by atoms with van der Waals surface area (Å²) in [5.74, 6) is 1.68. The minimum atomic E-state index is 0.0987. The van der Waals surface area contributed by atoms with E-state index in [2.05, 4.69) is 39.2 Å². The van der Waals surface area contributed by atoms with Crippen LogP contribution in [0.1, 0.15) is 38.6 Å². The number of rotatable bonds is 2. The molecule has 3 rings (SSSR count). The van der Waals surface area contributed by atoms with Gasteiger partial charge in [-0.1, -0.05) is 0 Å². The Morgan fingerprint density at radius 3 is 2.94 bits per heavy atom. The van der Waals surface area contributed by atoms with Crippen molar-refractivity contribution >= 4 is 5.95 Å². The van der Waals surface area contributed by atoms with Crippen LogP contribution in [0.3, 0.4) is 0 Å². The number of aromatic nitrogens is 3. The summed E-state index contributed by atoms with van der Waals surface area (Å²) in [5.41, 5.74) is 0. The molecule has 2 saturated heterocycles. The van der Waals surface area contributed by atoms with E-state index >= 15 is 0 Å². The summed E-state index contributed by atoms with van der Waals surface area (Å²) in [6, 6.07) is 0.489. The zero-order valence-electron chi connectivity index (χ0n) is 11.0. The molecule has 2 N–H and O–H groups in total. The summed E-state index contributed by atoms with van der Waals surface area (Å²) in [6.45, 7) is 7.20. The van der Waals surface area contributed by atoms with Crippen LogP contribution in [0.5, 0.6) is 0 Å². The van der Waals surface area contributed by atoms with E-state index in [4.69, 9.17) is 4.74 Å². The minimum Gasteiger partial charge on any atom is -0.367 e. The van der Waals surface area contributed by atoms with E-state index in [1.807, 2.05) is 0 Å². The van der Waals surface area contributed by atoms with Crippen LogP contribution in [0, 0.1) is 0 Å². The molecular formula is C12H21N5O. The number of piperazine rings is 1. The molecule has 0 aromatic carbocycles. The van der Waals surface area contributed by atoms with Crippen molar-refractivity contribution < 1.29 is 4.74 Å². The van der Waals surface area contributed by atoms with Gasteiger partial charge in [-0.15, -0.1) is 5.10 Å². The molecule has 0 radical (unpaired) electrons. The largest absolute Gasteiger partial charge is 0.367 e. The van der Waals surface area contributed by atoms with Crippen molar-refractivity contribution in [3.63, 3.8) is 0 Å². The number of nitrogens with one attached hydrogen (secondary N) is 2. The lowest BCUT2D eigenvalue weighted by atomic mass is 10.2. The van der Waals surface area contributed by atoms with Gasteiger partial charge >= 0.3 is 0 Å². The van der Waals surface area contributed by atoms with E-state index in [0.717, 1.165) is 44.2 Å². The molecule has 0 spiro atoms. The maximum absolute atomic E-state index is 5.80. The fraction of sp³-hybridized carbons (Fsp3) is 0.833. The molecule has 2 aliphatic heterocycles. The van der Waals surface area contributed by atoms with E-state index in [1.165, 1.54) is 0 Å². The highest BCUT2D eigenvalue weighted by Gasteiger charge is 2.27. The van der Waals surface area contributed by atoms with Crippen LogP contribution in [-0.4, -0.2) is 47.0 Å². The van der Waals surface area contributed by atoms with Gasteiger partial charge < -0.3 is 15.0 Å². The first kappa shape index (κ1) is 11.9. The molecule has 0 saturated carbocycles. The van der Waals surface area contributed by atoms with Crippen molar-refractivity contribution in [1.82, 2.24) is 20.5 Å². The first-order chi connectivity index (χ1) is 8.72. The fourth-order valence-corrected chi connectivity index (χ4v) is 2.67. The van der Waals surface area contributed by atoms with Crippen molar-refractivity contribution in [2.75, 3.05) is 24.5 Å². The van der Waals surface area contributed by atoms with Gasteiger partial charge in [0.1, 0.15) is 6.10 Å². The van der Waals surface area contributed by atoms with Gasteiger partial charge in [0.2, 0.25) is 5.95 Å². The smallest absolute Gasteiger partial charge is 0.244 e. The summed E-state index contributed by atoms with van der Waals surface area (Å²) >= 11 is 0. The van der Waals surface area contributed by atoms with Crippen LogP contribution in [0.4, 0.5) is 5.95 Å². The predicted octanol–water partition coefficient (Wildman–Crippen LogP) is 0.843. The first-order valence-corrected chi connectivity index (χ1v) is 6.78. The Kier molecular flexibility index (Phi) is 3.22. The van der Waals surface area contributed by atoms with Crippen molar-refractivity contribution in [3.05, 3.63) is 5.82 Å². The number of aromatic amines is 1. The second-order valence-corrected chi connectivity index (χ2v) is 5.33. The highest BCUT2D eigenvalue weighted by molar-refractivity contribution is 5.30. The molecule has 2 fully saturated rings. The van der Waals surface area contributed by atoms with Gasteiger partial charge in [-0.25, -0.2) is 0 Å². The molecule has 6 nitrogen and oxygen atoms in total. The number of H-pyrrole nitrogens is 1. The molecule has 1 aromatic rings. The summed E-state index contributed by atoms with van der Waals surface area (Å²) in [5, 5.41) is 10.8. The summed E-state index contributed by atoms with van der Waals surface area (Å²) in [6.07, 6.45) is 2.57. The van der Waals surface area contributed by atoms with Gasteiger partial charge in [0.25, 0.3) is 0 Å². The van der Waals surface area contributed by atoms with Gasteiger partial charge in [0, 0.05) is 25.7 Å². The monoisotopic (exact) mass is 251 g/mol. The average molecular weight is 251 g/mol. The maximum Gasteiger partial charge on any atom is 0.244 e. The molecule has 0 amide bonds. The molecule has 100 valence electrons. The molecule has 18 heavy (non-hydrogen) atoms. The van der Waals surface area contributed by atoms with Gasteiger partial charge in [-0.05, 0) is 26.7 Å². The van der Waals surface area contributed by atoms with Crippen molar-refractivity contribution in [2.45, 2.75) is 44.9 Å². The fourth-order valence-electron chi connectivity index (χ4n) is 2.67. The van der Waals surface area contributed by atoms with E-state index in [0.29, 0.717) is 12.1 Å². The van der Waals surface area contributed by atoms with Gasteiger partial charge in [0.05, 0.1) is 6.10 Å². The lowest BCUT2D eigenvalue weighted by molar-refractivity contribution is 0.0505. The Morgan fingerprint density at radius 2 is 2.22 bits per heavy atom. The zero-order chi connectivity index (χ0) is 12.5. The SMILES string of the molecule is CC1CN(c2n[nH]c(C3CCC(C)O3)n2)CCN1. The van der Waals surface area contributed by atoms with E-state index in [9.17, 15) is 0 Å². The molecule has 3 unspecified atom stereocenters. The molecule has 6 heteroatoms. The van der Waals surface area contributed by atoms with E-state index in [1.54, 1.807) is 0 Å².